The van der Waals surface area contributed by atoms with Gasteiger partial charge in [0.25, 0.3) is 0 Å². The van der Waals surface area contributed by atoms with E-state index in [0.717, 1.165) is 6.42 Å². The second-order valence-electron chi connectivity index (χ2n) is 2.99. The molecule has 1 N–H and O–H groups in total. The third-order valence-electron chi connectivity index (χ3n) is 1.58. The zero-order valence-corrected chi connectivity index (χ0v) is 6.99. The zero-order valence-electron chi connectivity index (χ0n) is 6.99. The Kier molecular flexibility index (Phi) is 3.87. The van der Waals surface area contributed by atoms with E-state index in [1.54, 1.807) is 0 Å². The van der Waals surface area contributed by atoms with Crippen LogP contribution in [0.4, 0.5) is 0 Å². The minimum Gasteiger partial charge on any atom is -0.308 e. The molecule has 0 aliphatic heterocycles. The molecule has 0 rings (SSSR count). The molecule has 0 amide bonds. The van der Waals surface area contributed by atoms with Crippen molar-refractivity contribution in [2.24, 2.45) is 0 Å². The Balaban J connectivity index is 3.33. The average Bonchev–Trinajstić information content (AvgIpc) is 1.84. The standard InChI is InChI=1S/C8H18N/c1-5-7-9-8(3,4)6-2/h7,9H,5-6H2,1-4H3. The predicted octanol–water partition coefficient (Wildman–Crippen LogP) is 2.34. The van der Waals surface area contributed by atoms with Crippen LogP contribution in [0.15, 0.2) is 0 Å². The molecule has 9 heavy (non-hydrogen) atoms. The summed E-state index contributed by atoms with van der Waals surface area (Å²) in [5.41, 5.74) is 0.288. The third kappa shape index (κ3) is 4.46. The molecule has 1 nitrogen and oxygen atoms in total. The van der Waals surface area contributed by atoms with Crippen molar-refractivity contribution in [3.63, 3.8) is 0 Å². The van der Waals surface area contributed by atoms with E-state index in [-0.39, 0.29) is 5.54 Å². The van der Waals surface area contributed by atoms with Gasteiger partial charge in [0.15, 0.2) is 0 Å². The van der Waals surface area contributed by atoms with Gasteiger partial charge >= 0.3 is 0 Å². The molecule has 0 bridgehead atoms. The zero-order chi connectivity index (χ0) is 7.33. The molecular formula is C8H18N. The van der Waals surface area contributed by atoms with Gasteiger partial charge in [-0.3, -0.25) is 0 Å². The summed E-state index contributed by atoms with van der Waals surface area (Å²) in [6.07, 6.45) is 2.27. The maximum atomic E-state index is 3.33. The summed E-state index contributed by atoms with van der Waals surface area (Å²) in [7, 11) is 0. The monoisotopic (exact) mass is 128 g/mol. The lowest BCUT2D eigenvalue weighted by Crippen LogP contribution is -2.36. The average molecular weight is 128 g/mol. The maximum absolute atomic E-state index is 3.33. The van der Waals surface area contributed by atoms with E-state index in [2.05, 4.69) is 39.6 Å². The molecule has 0 aromatic rings. The van der Waals surface area contributed by atoms with E-state index >= 15 is 0 Å². The van der Waals surface area contributed by atoms with Gasteiger partial charge in [-0.25, -0.2) is 0 Å². The normalized spacial score (nSPS) is 12.0. The summed E-state index contributed by atoms with van der Waals surface area (Å²) in [6, 6.07) is 0. The summed E-state index contributed by atoms with van der Waals surface area (Å²) in [5.74, 6) is 0. The highest BCUT2D eigenvalue weighted by molar-refractivity contribution is 4.78. The van der Waals surface area contributed by atoms with Crippen LogP contribution in [-0.2, 0) is 0 Å². The quantitative estimate of drug-likeness (QED) is 0.612. The molecule has 0 aliphatic carbocycles. The number of nitrogens with one attached hydrogen (secondary N) is 1. The van der Waals surface area contributed by atoms with Gasteiger partial charge in [0.05, 0.1) is 0 Å². The molecule has 0 atom stereocenters. The van der Waals surface area contributed by atoms with E-state index in [1.165, 1.54) is 6.42 Å². The Morgan fingerprint density at radius 3 is 2.22 bits per heavy atom. The highest BCUT2D eigenvalue weighted by Gasteiger charge is 2.11. The fourth-order valence-electron chi connectivity index (χ4n) is 0.480. The molecular weight excluding hydrogens is 110 g/mol. The first kappa shape index (κ1) is 8.96. The summed E-state index contributed by atoms with van der Waals surface area (Å²) in [6.45, 7) is 10.9. The van der Waals surface area contributed by atoms with Crippen LogP contribution in [0.5, 0.6) is 0 Å². The number of rotatable bonds is 4. The van der Waals surface area contributed by atoms with Crippen molar-refractivity contribution in [3.8, 4) is 0 Å². The predicted molar refractivity (Wildman–Crippen MR) is 42.1 cm³/mol. The van der Waals surface area contributed by atoms with E-state index in [0.29, 0.717) is 0 Å². The molecule has 1 radical (unpaired) electrons. The van der Waals surface area contributed by atoms with Crippen molar-refractivity contribution in [3.05, 3.63) is 6.54 Å². The summed E-state index contributed by atoms with van der Waals surface area (Å²) >= 11 is 0. The Hall–Kier alpha value is -0.0400. The van der Waals surface area contributed by atoms with Gasteiger partial charge in [0.1, 0.15) is 0 Å². The Labute approximate surface area is 58.8 Å². The van der Waals surface area contributed by atoms with Crippen LogP contribution in [0.2, 0.25) is 0 Å². The van der Waals surface area contributed by atoms with Crippen LogP contribution >= 0.6 is 0 Å². The molecule has 0 aromatic carbocycles. The van der Waals surface area contributed by atoms with Crippen molar-refractivity contribution in [2.75, 3.05) is 0 Å². The minimum atomic E-state index is 0.288. The van der Waals surface area contributed by atoms with Gasteiger partial charge in [-0.2, -0.15) is 0 Å². The first-order valence-corrected chi connectivity index (χ1v) is 3.71. The first-order chi connectivity index (χ1) is 4.12. The molecule has 0 heterocycles. The fraction of sp³-hybridized carbons (Fsp3) is 0.875. The second-order valence-corrected chi connectivity index (χ2v) is 2.99. The maximum Gasteiger partial charge on any atom is 0.0223 e. The minimum absolute atomic E-state index is 0.288. The molecule has 0 aliphatic rings. The van der Waals surface area contributed by atoms with E-state index in [9.17, 15) is 0 Å². The SMILES string of the molecule is CC[CH]NC(C)(C)CC. The number of hydrogen-bond donors (Lipinski definition) is 1. The van der Waals surface area contributed by atoms with Gasteiger partial charge in [-0.05, 0) is 26.7 Å². The largest absolute Gasteiger partial charge is 0.308 e. The molecule has 55 valence electrons. The first-order valence-electron chi connectivity index (χ1n) is 3.71. The van der Waals surface area contributed by atoms with E-state index in [4.69, 9.17) is 0 Å². The van der Waals surface area contributed by atoms with Gasteiger partial charge in [-0.15, -0.1) is 0 Å². The van der Waals surface area contributed by atoms with Crippen molar-refractivity contribution in [1.82, 2.24) is 5.32 Å². The van der Waals surface area contributed by atoms with Crippen molar-refractivity contribution in [1.29, 1.82) is 0 Å². The highest BCUT2D eigenvalue weighted by atomic mass is 14.9. The molecule has 1 heteroatoms. The van der Waals surface area contributed by atoms with Crippen LogP contribution in [0.1, 0.15) is 40.5 Å². The lowest BCUT2D eigenvalue weighted by molar-refractivity contribution is 0.405. The lowest BCUT2D eigenvalue weighted by atomic mass is 10.0. The van der Waals surface area contributed by atoms with Crippen molar-refractivity contribution in [2.45, 2.75) is 46.1 Å². The molecule has 0 spiro atoms. The molecule has 0 unspecified atom stereocenters. The smallest absolute Gasteiger partial charge is 0.0223 e. The van der Waals surface area contributed by atoms with Crippen molar-refractivity contribution < 1.29 is 0 Å². The van der Waals surface area contributed by atoms with Gasteiger partial charge in [0, 0.05) is 12.1 Å². The third-order valence-corrected chi connectivity index (χ3v) is 1.58. The molecule has 0 saturated heterocycles. The van der Waals surface area contributed by atoms with Crippen molar-refractivity contribution >= 4 is 0 Å². The van der Waals surface area contributed by atoms with Crippen LogP contribution in [0.3, 0.4) is 0 Å². The van der Waals surface area contributed by atoms with Crippen LogP contribution in [0, 0.1) is 6.54 Å². The fourth-order valence-corrected chi connectivity index (χ4v) is 0.480. The lowest BCUT2D eigenvalue weighted by Gasteiger charge is -2.23. The Morgan fingerprint density at radius 1 is 1.33 bits per heavy atom. The van der Waals surface area contributed by atoms with Crippen LogP contribution in [-0.4, -0.2) is 5.54 Å². The van der Waals surface area contributed by atoms with Crippen LogP contribution < -0.4 is 5.32 Å². The summed E-state index contributed by atoms with van der Waals surface area (Å²) < 4.78 is 0. The summed E-state index contributed by atoms with van der Waals surface area (Å²) in [4.78, 5) is 0. The second kappa shape index (κ2) is 3.89. The van der Waals surface area contributed by atoms with Crippen LogP contribution in [0.25, 0.3) is 0 Å². The highest BCUT2D eigenvalue weighted by Crippen LogP contribution is 2.07. The topological polar surface area (TPSA) is 12.0 Å². The Morgan fingerprint density at radius 2 is 1.89 bits per heavy atom. The molecule has 0 fully saturated rings. The van der Waals surface area contributed by atoms with E-state index < -0.39 is 0 Å². The Bertz CT molecular complexity index is 67.0. The van der Waals surface area contributed by atoms with Gasteiger partial charge in [0.2, 0.25) is 0 Å². The number of hydrogen-bond acceptors (Lipinski definition) is 1. The van der Waals surface area contributed by atoms with Gasteiger partial charge < -0.3 is 5.32 Å². The summed E-state index contributed by atoms with van der Waals surface area (Å²) in [5, 5.41) is 3.33. The molecule has 0 saturated carbocycles. The molecule has 0 aromatic heterocycles. The van der Waals surface area contributed by atoms with E-state index in [1.807, 2.05) is 0 Å². The van der Waals surface area contributed by atoms with Gasteiger partial charge in [-0.1, -0.05) is 13.8 Å².